The predicted molar refractivity (Wildman–Crippen MR) is 106 cm³/mol. The fraction of sp³-hybridized carbons (Fsp3) is 0.400. The van der Waals surface area contributed by atoms with Crippen LogP contribution in [0.4, 0.5) is 5.00 Å². The molecule has 26 heavy (non-hydrogen) atoms. The summed E-state index contributed by atoms with van der Waals surface area (Å²) in [6.07, 6.45) is 5.89. The van der Waals surface area contributed by atoms with Crippen molar-refractivity contribution in [3.05, 3.63) is 50.9 Å². The van der Waals surface area contributed by atoms with E-state index < -0.39 is 0 Å². The number of anilines is 1. The Kier molecular flexibility index (Phi) is 6.33. The number of hydrogen-bond acceptors (Lipinski definition) is 4. The van der Waals surface area contributed by atoms with E-state index in [0.717, 1.165) is 44.1 Å². The highest BCUT2D eigenvalue weighted by Gasteiger charge is 2.26. The van der Waals surface area contributed by atoms with E-state index in [0.29, 0.717) is 27.8 Å². The van der Waals surface area contributed by atoms with Crippen LogP contribution in [-0.2, 0) is 17.6 Å². The number of fused-ring (bicyclic) bond motifs is 1. The lowest BCUT2D eigenvalue weighted by Gasteiger charge is -2.09. The first-order chi connectivity index (χ1) is 12.6. The van der Waals surface area contributed by atoms with Crippen LogP contribution in [0.15, 0.2) is 24.3 Å². The van der Waals surface area contributed by atoms with Gasteiger partial charge in [0, 0.05) is 15.5 Å². The summed E-state index contributed by atoms with van der Waals surface area (Å²) >= 11 is 7.48. The summed E-state index contributed by atoms with van der Waals surface area (Å²) in [6, 6.07) is 6.77. The third-order valence-corrected chi connectivity index (χ3v) is 5.82. The molecule has 0 radical (unpaired) electrons. The average molecular weight is 392 g/mol. The molecular weight excluding hydrogens is 370 g/mol. The van der Waals surface area contributed by atoms with Gasteiger partial charge in [0.15, 0.2) is 0 Å². The van der Waals surface area contributed by atoms with E-state index in [1.165, 1.54) is 16.2 Å². The van der Waals surface area contributed by atoms with E-state index in [4.69, 9.17) is 16.3 Å². The maximum atomic E-state index is 12.7. The van der Waals surface area contributed by atoms with Crippen molar-refractivity contribution in [2.75, 3.05) is 11.9 Å². The molecule has 3 rings (SSSR count). The topological polar surface area (TPSA) is 55.4 Å². The molecule has 6 heteroatoms. The van der Waals surface area contributed by atoms with E-state index in [1.807, 2.05) is 6.92 Å². The number of rotatable bonds is 5. The van der Waals surface area contributed by atoms with Crippen molar-refractivity contribution < 1.29 is 14.3 Å². The fourth-order valence-corrected chi connectivity index (χ4v) is 4.58. The van der Waals surface area contributed by atoms with Gasteiger partial charge in [-0.15, -0.1) is 11.3 Å². The highest BCUT2D eigenvalue weighted by molar-refractivity contribution is 7.17. The summed E-state index contributed by atoms with van der Waals surface area (Å²) in [5, 5.41) is 4.00. The van der Waals surface area contributed by atoms with Crippen LogP contribution in [0.25, 0.3) is 0 Å². The third kappa shape index (κ3) is 4.27. The van der Waals surface area contributed by atoms with E-state index in [9.17, 15) is 9.59 Å². The number of carbonyl (C=O) groups is 2. The van der Waals surface area contributed by atoms with Crippen LogP contribution < -0.4 is 5.32 Å². The van der Waals surface area contributed by atoms with Crippen LogP contribution in [0.2, 0.25) is 5.02 Å². The monoisotopic (exact) mass is 391 g/mol. The summed E-state index contributed by atoms with van der Waals surface area (Å²) in [7, 11) is 0. The summed E-state index contributed by atoms with van der Waals surface area (Å²) < 4.78 is 5.38. The molecule has 1 heterocycles. The highest BCUT2D eigenvalue weighted by Crippen LogP contribution is 2.38. The lowest BCUT2D eigenvalue weighted by molar-refractivity contribution is 0.0505. The quantitative estimate of drug-likeness (QED) is 0.541. The van der Waals surface area contributed by atoms with Gasteiger partial charge in [-0.2, -0.15) is 0 Å². The lowest BCUT2D eigenvalue weighted by atomic mass is 10.1. The van der Waals surface area contributed by atoms with Gasteiger partial charge in [0.25, 0.3) is 5.91 Å². The maximum absolute atomic E-state index is 12.7. The number of ether oxygens (including phenoxy) is 1. The molecule has 1 N–H and O–H groups in total. The minimum atomic E-state index is -0.340. The molecule has 1 aliphatic carbocycles. The Morgan fingerprint density at radius 1 is 1.23 bits per heavy atom. The van der Waals surface area contributed by atoms with Crippen molar-refractivity contribution in [2.24, 2.45) is 0 Å². The molecule has 0 spiro atoms. The van der Waals surface area contributed by atoms with Crippen molar-refractivity contribution in [3.8, 4) is 0 Å². The SMILES string of the molecule is CCCOC(=O)c1c(NC(=O)c2cccc(Cl)c2)sc2c1CCCCC2. The standard InChI is InChI=1S/C20H22ClNO3S/c1-2-11-25-20(24)17-15-9-4-3-5-10-16(15)26-19(17)22-18(23)13-7-6-8-14(21)12-13/h6-8,12H,2-5,9-11H2,1H3,(H,22,23). The van der Waals surface area contributed by atoms with E-state index in [1.54, 1.807) is 24.3 Å². The van der Waals surface area contributed by atoms with E-state index in [-0.39, 0.29) is 11.9 Å². The normalized spacial score (nSPS) is 13.6. The Balaban J connectivity index is 1.92. The van der Waals surface area contributed by atoms with Gasteiger partial charge in [-0.3, -0.25) is 4.79 Å². The number of thiophene rings is 1. The first-order valence-corrected chi connectivity index (χ1v) is 10.2. The number of amides is 1. The Hall–Kier alpha value is -1.85. The Labute approximate surface area is 162 Å². The van der Waals surface area contributed by atoms with Crippen LogP contribution in [0.1, 0.15) is 63.8 Å². The molecular formula is C20H22ClNO3S. The minimum absolute atomic E-state index is 0.270. The molecule has 138 valence electrons. The van der Waals surface area contributed by atoms with Gasteiger partial charge in [0.05, 0.1) is 12.2 Å². The Morgan fingerprint density at radius 2 is 2.04 bits per heavy atom. The molecule has 0 fully saturated rings. The first kappa shape index (κ1) is 18.9. The number of halogens is 1. The molecule has 1 aromatic carbocycles. The zero-order valence-corrected chi connectivity index (χ0v) is 16.3. The summed E-state index contributed by atoms with van der Waals surface area (Å²) in [5.74, 6) is -0.610. The van der Waals surface area contributed by atoms with Gasteiger partial charge < -0.3 is 10.1 Å². The number of hydrogen-bond donors (Lipinski definition) is 1. The molecule has 0 unspecified atom stereocenters. The third-order valence-electron chi connectivity index (χ3n) is 4.38. The summed E-state index contributed by atoms with van der Waals surface area (Å²) in [6.45, 7) is 2.34. The zero-order valence-electron chi connectivity index (χ0n) is 14.8. The number of nitrogens with one attached hydrogen (secondary N) is 1. The van der Waals surface area contributed by atoms with Gasteiger partial charge in [0.1, 0.15) is 5.00 Å². The van der Waals surface area contributed by atoms with Crippen LogP contribution in [0, 0.1) is 0 Å². The number of benzene rings is 1. The highest BCUT2D eigenvalue weighted by atomic mass is 35.5. The van der Waals surface area contributed by atoms with Gasteiger partial charge in [-0.05, 0) is 55.9 Å². The van der Waals surface area contributed by atoms with Crippen LogP contribution in [0.5, 0.6) is 0 Å². The Morgan fingerprint density at radius 3 is 2.81 bits per heavy atom. The van der Waals surface area contributed by atoms with Crippen molar-refractivity contribution in [2.45, 2.75) is 45.4 Å². The van der Waals surface area contributed by atoms with Gasteiger partial charge >= 0.3 is 5.97 Å². The van der Waals surface area contributed by atoms with Gasteiger partial charge in [-0.25, -0.2) is 4.79 Å². The maximum Gasteiger partial charge on any atom is 0.341 e. The summed E-state index contributed by atoms with van der Waals surface area (Å²) in [4.78, 5) is 26.5. The molecule has 0 saturated carbocycles. The second-order valence-corrected chi connectivity index (χ2v) is 7.91. The van der Waals surface area contributed by atoms with E-state index in [2.05, 4.69) is 5.32 Å². The molecule has 0 atom stereocenters. The molecule has 4 nitrogen and oxygen atoms in total. The Bertz CT molecular complexity index is 815. The minimum Gasteiger partial charge on any atom is -0.462 e. The smallest absolute Gasteiger partial charge is 0.341 e. The number of aryl methyl sites for hydroxylation is 1. The van der Waals surface area contributed by atoms with Crippen LogP contribution in [0.3, 0.4) is 0 Å². The van der Waals surface area contributed by atoms with Crippen LogP contribution >= 0.6 is 22.9 Å². The van der Waals surface area contributed by atoms with E-state index >= 15 is 0 Å². The predicted octanol–water partition coefficient (Wildman–Crippen LogP) is 5.49. The first-order valence-electron chi connectivity index (χ1n) is 8.98. The second kappa shape index (κ2) is 8.69. The molecule has 0 saturated heterocycles. The van der Waals surface area contributed by atoms with Crippen LogP contribution in [-0.4, -0.2) is 18.5 Å². The molecule has 1 aliphatic rings. The molecule has 0 aliphatic heterocycles. The summed E-state index contributed by atoms with van der Waals surface area (Å²) in [5.41, 5.74) is 2.06. The molecule has 0 bridgehead atoms. The van der Waals surface area contributed by atoms with Crippen molar-refractivity contribution >= 4 is 39.8 Å². The molecule has 2 aromatic rings. The zero-order chi connectivity index (χ0) is 18.5. The average Bonchev–Trinajstić information content (AvgIpc) is 2.80. The van der Waals surface area contributed by atoms with Gasteiger partial charge in [0.2, 0.25) is 0 Å². The van der Waals surface area contributed by atoms with Crippen molar-refractivity contribution in [3.63, 3.8) is 0 Å². The van der Waals surface area contributed by atoms with Gasteiger partial charge in [-0.1, -0.05) is 31.0 Å². The molecule has 1 aromatic heterocycles. The second-order valence-electron chi connectivity index (χ2n) is 6.37. The van der Waals surface area contributed by atoms with Crippen molar-refractivity contribution in [1.82, 2.24) is 0 Å². The molecule has 1 amide bonds. The largest absolute Gasteiger partial charge is 0.462 e. The lowest BCUT2D eigenvalue weighted by Crippen LogP contribution is -2.15. The number of carbonyl (C=O) groups excluding carboxylic acids is 2. The van der Waals surface area contributed by atoms with Crippen molar-refractivity contribution in [1.29, 1.82) is 0 Å². The number of esters is 1. The fourth-order valence-electron chi connectivity index (χ4n) is 3.12.